The molecule has 124 valence electrons. The molecule has 0 saturated carbocycles. The fraction of sp³-hybridized carbons (Fsp3) is 0.500. The van der Waals surface area contributed by atoms with Gasteiger partial charge in [0.25, 0.3) is 0 Å². The summed E-state index contributed by atoms with van der Waals surface area (Å²) >= 11 is 5.65. The Labute approximate surface area is 136 Å². The van der Waals surface area contributed by atoms with Crippen LogP contribution in [0.2, 0.25) is 0 Å². The highest BCUT2D eigenvalue weighted by Gasteiger charge is 2.14. The summed E-state index contributed by atoms with van der Waals surface area (Å²) in [5.41, 5.74) is 0.493. The van der Waals surface area contributed by atoms with Gasteiger partial charge < -0.3 is 10.1 Å². The first-order valence-electron chi connectivity index (χ1n) is 6.99. The van der Waals surface area contributed by atoms with Crippen LogP contribution in [0.4, 0.5) is 5.69 Å². The molecule has 8 heteroatoms. The first-order valence-corrected chi connectivity index (χ1v) is 8.91. The van der Waals surface area contributed by atoms with Gasteiger partial charge in [0.05, 0.1) is 4.90 Å². The fourth-order valence-corrected chi connectivity index (χ4v) is 2.70. The first-order chi connectivity index (χ1) is 10.4. The number of carbonyl (C=O) groups is 1. The van der Waals surface area contributed by atoms with Gasteiger partial charge in [-0.05, 0) is 44.5 Å². The summed E-state index contributed by atoms with van der Waals surface area (Å²) < 4.78 is 31.7. The van der Waals surface area contributed by atoms with Crippen LogP contribution in [0.5, 0.6) is 0 Å². The highest BCUT2D eigenvalue weighted by atomic mass is 35.5. The van der Waals surface area contributed by atoms with E-state index >= 15 is 0 Å². The summed E-state index contributed by atoms with van der Waals surface area (Å²) in [4.78, 5) is 11.6. The first kappa shape index (κ1) is 18.9. The maximum absolute atomic E-state index is 12.0. The third-order valence-corrected chi connectivity index (χ3v) is 4.43. The van der Waals surface area contributed by atoms with Crippen LogP contribution >= 0.6 is 11.6 Å². The standard InChI is InChI=1S/C14H21ClN2O4S/c1-3-21-10-4-9-16-22(19,20)13-7-5-12(6-8-13)17-14(18)11(2)15/h5-8,11,16H,3-4,9-10H2,1-2H3,(H,17,18)/t11-/m0/s1. The van der Waals surface area contributed by atoms with E-state index in [0.717, 1.165) is 0 Å². The second-order valence-electron chi connectivity index (χ2n) is 4.58. The zero-order valence-corrected chi connectivity index (χ0v) is 14.2. The maximum atomic E-state index is 12.0. The average molecular weight is 349 g/mol. The van der Waals surface area contributed by atoms with Gasteiger partial charge in [0, 0.05) is 25.4 Å². The molecule has 0 aliphatic heterocycles. The van der Waals surface area contributed by atoms with E-state index in [9.17, 15) is 13.2 Å². The molecule has 0 aliphatic carbocycles. The van der Waals surface area contributed by atoms with E-state index in [0.29, 0.717) is 31.9 Å². The van der Waals surface area contributed by atoms with Crippen LogP contribution < -0.4 is 10.0 Å². The largest absolute Gasteiger partial charge is 0.382 e. The van der Waals surface area contributed by atoms with Gasteiger partial charge in [0.2, 0.25) is 15.9 Å². The third kappa shape index (κ3) is 6.31. The minimum Gasteiger partial charge on any atom is -0.382 e. The maximum Gasteiger partial charge on any atom is 0.242 e. The lowest BCUT2D eigenvalue weighted by atomic mass is 10.3. The molecule has 1 aromatic rings. The molecular weight excluding hydrogens is 328 g/mol. The average Bonchev–Trinajstić information content (AvgIpc) is 2.47. The second-order valence-corrected chi connectivity index (χ2v) is 7.00. The summed E-state index contributed by atoms with van der Waals surface area (Å²) in [7, 11) is -3.55. The summed E-state index contributed by atoms with van der Waals surface area (Å²) in [5.74, 6) is -0.341. The Balaban J connectivity index is 2.59. The second kappa shape index (κ2) is 9.09. The topological polar surface area (TPSA) is 84.5 Å². The number of benzene rings is 1. The number of amides is 1. The van der Waals surface area contributed by atoms with Crippen molar-refractivity contribution in [3.05, 3.63) is 24.3 Å². The minimum atomic E-state index is -3.55. The van der Waals surface area contributed by atoms with Crippen molar-refractivity contribution in [3.8, 4) is 0 Å². The van der Waals surface area contributed by atoms with E-state index in [-0.39, 0.29) is 10.8 Å². The minimum absolute atomic E-state index is 0.140. The van der Waals surface area contributed by atoms with Crippen LogP contribution in [0, 0.1) is 0 Å². The lowest BCUT2D eigenvalue weighted by Gasteiger charge is -2.09. The van der Waals surface area contributed by atoms with Crippen LogP contribution in [-0.4, -0.2) is 39.5 Å². The quantitative estimate of drug-likeness (QED) is 0.527. The highest BCUT2D eigenvalue weighted by molar-refractivity contribution is 7.89. The molecule has 1 atom stereocenters. The molecule has 1 rings (SSSR count). The van der Waals surface area contributed by atoms with Crippen molar-refractivity contribution in [2.75, 3.05) is 25.1 Å². The number of anilines is 1. The molecular formula is C14H21ClN2O4S. The molecule has 1 aromatic carbocycles. The Morgan fingerprint density at radius 2 is 1.95 bits per heavy atom. The zero-order valence-electron chi connectivity index (χ0n) is 12.6. The number of halogens is 1. The predicted octanol–water partition coefficient (Wildman–Crippen LogP) is 1.96. The molecule has 0 unspecified atom stereocenters. The van der Waals surface area contributed by atoms with Gasteiger partial charge >= 0.3 is 0 Å². The monoisotopic (exact) mass is 348 g/mol. The van der Waals surface area contributed by atoms with Gasteiger partial charge in [-0.15, -0.1) is 11.6 Å². The van der Waals surface area contributed by atoms with Gasteiger partial charge in [-0.25, -0.2) is 13.1 Å². The molecule has 0 saturated heterocycles. The molecule has 6 nitrogen and oxygen atoms in total. The van der Waals surface area contributed by atoms with Gasteiger partial charge in [-0.3, -0.25) is 4.79 Å². The van der Waals surface area contributed by atoms with E-state index in [1.165, 1.54) is 24.3 Å². The van der Waals surface area contributed by atoms with E-state index < -0.39 is 15.4 Å². The highest BCUT2D eigenvalue weighted by Crippen LogP contribution is 2.14. The normalized spacial score (nSPS) is 12.9. The van der Waals surface area contributed by atoms with Crippen LogP contribution in [0.3, 0.4) is 0 Å². The molecule has 1 amide bonds. The van der Waals surface area contributed by atoms with Crippen molar-refractivity contribution in [3.63, 3.8) is 0 Å². The smallest absolute Gasteiger partial charge is 0.242 e. The van der Waals surface area contributed by atoms with E-state index in [1.807, 2.05) is 6.92 Å². The Hall–Kier alpha value is -1.15. The third-order valence-electron chi connectivity index (χ3n) is 2.76. The summed E-state index contributed by atoms with van der Waals surface area (Å²) in [6.45, 7) is 4.88. The predicted molar refractivity (Wildman–Crippen MR) is 86.7 cm³/mol. The number of rotatable bonds is 9. The van der Waals surface area contributed by atoms with Gasteiger partial charge in [-0.1, -0.05) is 0 Å². The Morgan fingerprint density at radius 3 is 2.50 bits per heavy atom. The van der Waals surface area contributed by atoms with Crippen molar-refractivity contribution in [2.45, 2.75) is 30.5 Å². The van der Waals surface area contributed by atoms with Crippen molar-refractivity contribution in [1.29, 1.82) is 0 Å². The number of ether oxygens (including phenoxy) is 1. The Morgan fingerprint density at radius 1 is 1.32 bits per heavy atom. The molecule has 2 N–H and O–H groups in total. The van der Waals surface area contributed by atoms with Crippen LogP contribution in [0.1, 0.15) is 20.3 Å². The molecule has 0 heterocycles. The fourth-order valence-electron chi connectivity index (χ4n) is 1.57. The van der Waals surface area contributed by atoms with E-state index in [1.54, 1.807) is 6.92 Å². The van der Waals surface area contributed by atoms with Crippen molar-refractivity contribution in [2.24, 2.45) is 0 Å². The molecule has 0 aromatic heterocycles. The van der Waals surface area contributed by atoms with Crippen molar-refractivity contribution >= 4 is 33.2 Å². The molecule has 0 fully saturated rings. The van der Waals surface area contributed by atoms with Crippen LogP contribution in [0.15, 0.2) is 29.2 Å². The number of sulfonamides is 1. The number of carbonyl (C=O) groups excluding carboxylic acids is 1. The summed E-state index contributed by atoms with van der Waals surface area (Å²) in [6.07, 6.45) is 0.606. The van der Waals surface area contributed by atoms with E-state index in [4.69, 9.17) is 16.3 Å². The Bertz CT molecular complexity index is 573. The van der Waals surface area contributed by atoms with Crippen LogP contribution in [0.25, 0.3) is 0 Å². The number of nitrogens with one attached hydrogen (secondary N) is 2. The SMILES string of the molecule is CCOCCCNS(=O)(=O)c1ccc(NC(=O)[C@H](C)Cl)cc1. The van der Waals surface area contributed by atoms with Gasteiger partial charge in [0.15, 0.2) is 0 Å². The van der Waals surface area contributed by atoms with Crippen molar-refractivity contribution in [1.82, 2.24) is 4.72 Å². The van der Waals surface area contributed by atoms with Gasteiger partial charge in [-0.2, -0.15) is 0 Å². The molecule has 0 spiro atoms. The summed E-state index contributed by atoms with van der Waals surface area (Å²) in [6, 6.07) is 5.90. The molecule has 0 bridgehead atoms. The lowest BCUT2D eigenvalue weighted by Crippen LogP contribution is -2.25. The molecule has 0 aliphatic rings. The Kier molecular flexibility index (Phi) is 7.81. The van der Waals surface area contributed by atoms with Crippen LogP contribution in [-0.2, 0) is 19.6 Å². The zero-order chi connectivity index (χ0) is 16.6. The molecule has 22 heavy (non-hydrogen) atoms. The number of alkyl halides is 1. The lowest BCUT2D eigenvalue weighted by molar-refractivity contribution is -0.115. The number of hydrogen-bond donors (Lipinski definition) is 2. The van der Waals surface area contributed by atoms with Gasteiger partial charge in [0.1, 0.15) is 5.38 Å². The molecule has 0 radical (unpaired) electrons. The summed E-state index contributed by atoms with van der Waals surface area (Å²) in [5, 5.41) is 1.93. The number of hydrogen-bond acceptors (Lipinski definition) is 4. The van der Waals surface area contributed by atoms with E-state index in [2.05, 4.69) is 10.0 Å². The van der Waals surface area contributed by atoms with Crippen molar-refractivity contribution < 1.29 is 17.9 Å².